The number of aliphatic hydroxyl groups is 1. The Morgan fingerprint density at radius 3 is 2.64 bits per heavy atom. The fourth-order valence-corrected chi connectivity index (χ4v) is 3.67. The minimum absolute atomic E-state index is 0.261. The molecule has 0 saturated carbocycles. The van der Waals surface area contributed by atoms with Crippen LogP contribution in [0.15, 0.2) is 54.7 Å². The van der Waals surface area contributed by atoms with E-state index in [1.807, 2.05) is 18.3 Å². The van der Waals surface area contributed by atoms with E-state index in [0.717, 1.165) is 51.3 Å². The Morgan fingerprint density at radius 2 is 1.88 bits per heavy atom. The molecule has 1 aliphatic heterocycles. The summed E-state index contributed by atoms with van der Waals surface area (Å²) in [5.74, 6) is 0. The van der Waals surface area contributed by atoms with Crippen molar-refractivity contribution < 1.29 is 5.11 Å². The van der Waals surface area contributed by atoms with E-state index in [2.05, 4.69) is 51.2 Å². The largest absolute Gasteiger partial charge is 0.396 e. The summed E-state index contributed by atoms with van der Waals surface area (Å²) in [4.78, 5) is 9.47. The molecule has 0 radical (unpaired) electrons. The van der Waals surface area contributed by atoms with Gasteiger partial charge in [0.25, 0.3) is 0 Å². The molecule has 1 saturated heterocycles. The molecule has 2 aromatic rings. The van der Waals surface area contributed by atoms with E-state index < -0.39 is 0 Å². The van der Waals surface area contributed by atoms with Crippen LogP contribution in [0, 0.1) is 0 Å². The van der Waals surface area contributed by atoms with Crippen LogP contribution in [0.2, 0.25) is 0 Å². The summed E-state index contributed by atoms with van der Waals surface area (Å²) < 4.78 is 0. The average Bonchev–Trinajstić information content (AvgIpc) is 2.65. The highest BCUT2D eigenvalue weighted by Crippen LogP contribution is 2.16. The van der Waals surface area contributed by atoms with Gasteiger partial charge in [-0.15, -0.1) is 0 Å². The number of aryl methyl sites for hydroxylation is 1. The summed E-state index contributed by atoms with van der Waals surface area (Å²) in [6, 6.07) is 17.2. The summed E-state index contributed by atoms with van der Waals surface area (Å²) in [5.41, 5.74) is 2.54. The van der Waals surface area contributed by atoms with Crippen LogP contribution in [0.5, 0.6) is 0 Å². The molecule has 1 aliphatic rings. The SMILES string of the molecule is OCCC1CN(Cc2ccccn2)CCN1CCCc1ccccc1. The Balaban J connectivity index is 1.49. The fraction of sp³-hybridized carbons (Fsp3) is 0.476. The van der Waals surface area contributed by atoms with Crippen molar-refractivity contribution in [1.82, 2.24) is 14.8 Å². The van der Waals surface area contributed by atoms with Crippen molar-refractivity contribution in [3.05, 3.63) is 66.0 Å². The van der Waals surface area contributed by atoms with Gasteiger partial charge in [0.05, 0.1) is 5.69 Å². The van der Waals surface area contributed by atoms with Crippen LogP contribution in [-0.4, -0.2) is 58.7 Å². The standard InChI is InChI=1S/C21H29N3O/c25-16-11-21-18-23(17-20-10-4-5-12-22-20)14-15-24(21)13-6-9-19-7-2-1-3-8-19/h1-5,7-8,10,12,21,25H,6,9,11,13-18H2. The van der Waals surface area contributed by atoms with Crippen molar-refractivity contribution in [3.8, 4) is 0 Å². The van der Waals surface area contributed by atoms with Gasteiger partial charge in [0.15, 0.2) is 0 Å². The molecule has 0 bridgehead atoms. The first kappa shape index (κ1) is 18.1. The van der Waals surface area contributed by atoms with E-state index in [9.17, 15) is 5.11 Å². The molecule has 0 spiro atoms. The third kappa shape index (κ3) is 5.63. The number of hydrogen-bond donors (Lipinski definition) is 1. The molecule has 1 aromatic carbocycles. The van der Waals surface area contributed by atoms with Gasteiger partial charge in [-0.25, -0.2) is 0 Å². The molecule has 2 heterocycles. The van der Waals surface area contributed by atoms with Crippen molar-refractivity contribution in [2.75, 3.05) is 32.8 Å². The molecule has 0 amide bonds. The molecular weight excluding hydrogens is 310 g/mol. The first-order valence-electron chi connectivity index (χ1n) is 9.36. The molecule has 1 unspecified atom stereocenters. The molecule has 1 N–H and O–H groups in total. The number of rotatable bonds is 8. The second kappa shape index (κ2) is 9.66. The van der Waals surface area contributed by atoms with Gasteiger partial charge in [0, 0.05) is 45.0 Å². The smallest absolute Gasteiger partial charge is 0.0543 e. The van der Waals surface area contributed by atoms with Gasteiger partial charge in [-0.2, -0.15) is 0 Å². The van der Waals surface area contributed by atoms with Gasteiger partial charge in [-0.05, 0) is 43.5 Å². The monoisotopic (exact) mass is 339 g/mol. The predicted molar refractivity (Wildman–Crippen MR) is 101 cm³/mol. The van der Waals surface area contributed by atoms with E-state index in [1.54, 1.807) is 0 Å². The third-order valence-electron chi connectivity index (χ3n) is 5.02. The average molecular weight is 339 g/mol. The number of piperazine rings is 1. The van der Waals surface area contributed by atoms with Crippen molar-refractivity contribution in [2.24, 2.45) is 0 Å². The normalized spacial score (nSPS) is 19.2. The number of nitrogens with zero attached hydrogens (tertiary/aromatic N) is 3. The highest BCUT2D eigenvalue weighted by atomic mass is 16.3. The Kier molecular flexibility index (Phi) is 6.98. The van der Waals surface area contributed by atoms with Gasteiger partial charge >= 0.3 is 0 Å². The minimum Gasteiger partial charge on any atom is -0.396 e. The highest BCUT2D eigenvalue weighted by molar-refractivity contribution is 5.14. The van der Waals surface area contributed by atoms with E-state index in [-0.39, 0.29) is 6.61 Å². The number of benzene rings is 1. The number of hydrogen-bond acceptors (Lipinski definition) is 4. The molecule has 0 aliphatic carbocycles. The number of aliphatic hydroxyl groups excluding tert-OH is 1. The molecule has 1 aromatic heterocycles. The quantitative estimate of drug-likeness (QED) is 0.802. The Labute approximate surface area is 151 Å². The van der Waals surface area contributed by atoms with Gasteiger partial charge in [-0.3, -0.25) is 14.8 Å². The zero-order valence-electron chi connectivity index (χ0n) is 14.9. The third-order valence-corrected chi connectivity index (χ3v) is 5.02. The second-order valence-corrected chi connectivity index (χ2v) is 6.85. The van der Waals surface area contributed by atoms with E-state index in [4.69, 9.17) is 0 Å². The Morgan fingerprint density at radius 1 is 1.04 bits per heavy atom. The number of pyridine rings is 1. The van der Waals surface area contributed by atoms with Crippen molar-refractivity contribution >= 4 is 0 Å². The van der Waals surface area contributed by atoms with Gasteiger partial charge in [-0.1, -0.05) is 36.4 Å². The van der Waals surface area contributed by atoms with Gasteiger partial charge in [0.1, 0.15) is 0 Å². The lowest BCUT2D eigenvalue weighted by atomic mass is 10.1. The molecule has 134 valence electrons. The van der Waals surface area contributed by atoms with Crippen LogP contribution >= 0.6 is 0 Å². The lowest BCUT2D eigenvalue weighted by Gasteiger charge is -2.41. The maximum atomic E-state index is 9.46. The lowest BCUT2D eigenvalue weighted by molar-refractivity contribution is 0.0541. The summed E-state index contributed by atoms with van der Waals surface area (Å²) >= 11 is 0. The fourth-order valence-electron chi connectivity index (χ4n) is 3.67. The molecule has 4 heteroatoms. The summed E-state index contributed by atoms with van der Waals surface area (Å²) in [6.07, 6.45) is 5.01. The summed E-state index contributed by atoms with van der Waals surface area (Å²) in [6.45, 7) is 5.44. The van der Waals surface area contributed by atoms with Crippen LogP contribution in [0.1, 0.15) is 24.1 Å². The Hall–Kier alpha value is -1.75. The maximum absolute atomic E-state index is 9.46. The first-order chi connectivity index (χ1) is 12.3. The molecular formula is C21H29N3O. The van der Waals surface area contributed by atoms with Crippen molar-refractivity contribution in [2.45, 2.75) is 31.8 Å². The minimum atomic E-state index is 0.261. The lowest BCUT2D eigenvalue weighted by Crippen LogP contribution is -2.53. The molecule has 3 rings (SSSR count). The predicted octanol–water partition coefficient (Wildman–Crippen LogP) is 2.58. The maximum Gasteiger partial charge on any atom is 0.0543 e. The van der Waals surface area contributed by atoms with Crippen molar-refractivity contribution in [1.29, 1.82) is 0 Å². The van der Waals surface area contributed by atoms with Crippen LogP contribution < -0.4 is 0 Å². The van der Waals surface area contributed by atoms with Crippen molar-refractivity contribution in [3.63, 3.8) is 0 Å². The Bertz CT molecular complexity index is 605. The van der Waals surface area contributed by atoms with E-state index in [1.165, 1.54) is 12.0 Å². The van der Waals surface area contributed by atoms with Crippen LogP contribution in [0.3, 0.4) is 0 Å². The molecule has 1 atom stereocenters. The summed E-state index contributed by atoms with van der Waals surface area (Å²) in [7, 11) is 0. The van der Waals surface area contributed by atoms with E-state index >= 15 is 0 Å². The summed E-state index contributed by atoms with van der Waals surface area (Å²) in [5, 5.41) is 9.46. The molecule has 1 fully saturated rings. The second-order valence-electron chi connectivity index (χ2n) is 6.85. The topological polar surface area (TPSA) is 39.6 Å². The number of aromatic nitrogens is 1. The molecule has 25 heavy (non-hydrogen) atoms. The van der Waals surface area contributed by atoms with Crippen LogP contribution in [0.4, 0.5) is 0 Å². The van der Waals surface area contributed by atoms with Gasteiger partial charge < -0.3 is 5.11 Å². The van der Waals surface area contributed by atoms with Crippen LogP contribution in [-0.2, 0) is 13.0 Å². The van der Waals surface area contributed by atoms with Crippen LogP contribution in [0.25, 0.3) is 0 Å². The highest BCUT2D eigenvalue weighted by Gasteiger charge is 2.26. The van der Waals surface area contributed by atoms with E-state index in [0.29, 0.717) is 6.04 Å². The zero-order chi connectivity index (χ0) is 17.3. The zero-order valence-corrected chi connectivity index (χ0v) is 14.9. The van der Waals surface area contributed by atoms with Gasteiger partial charge in [0.2, 0.25) is 0 Å². The first-order valence-corrected chi connectivity index (χ1v) is 9.36. The molecule has 4 nitrogen and oxygen atoms in total.